The van der Waals surface area contributed by atoms with Crippen molar-refractivity contribution in [1.29, 1.82) is 0 Å². The summed E-state index contributed by atoms with van der Waals surface area (Å²) in [7, 11) is 1.96. The predicted molar refractivity (Wildman–Crippen MR) is 69.8 cm³/mol. The van der Waals surface area contributed by atoms with Crippen LogP contribution in [-0.4, -0.2) is 24.5 Å². The zero-order valence-electron chi connectivity index (χ0n) is 11.0. The average Bonchev–Trinajstić information content (AvgIpc) is 3.08. The Morgan fingerprint density at radius 2 is 2.29 bits per heavy atom. The van der Waals surface area contributed by atoms with E-state index in [1.54, 1.807) is 0 Å². The van der Waals surface area contributed by atoms with Crippen LogP contribution in [0.5, 0.6) is 0 Å². The Labute approximate surface area is 104 Å². The number of nitrogens with zero attached hydrogens (tertiary/aromatic N) is 1. The summed E-state index contributed by atoms with van der Waals surface area (Å²) in [5.41, 5.74) is 1.24. The molecule has 1 aliphatic carbocycles. The molecule has 0 atom stereocenters. The van der Waals surface area contributed by atoms with Crippen molar-refractivity contribution in [3.05, 3.63) is 23.7 Å². The van der Waals surface area contributed by atoms with Gasteiger partial charge in [0.2, 0.25) is 0 Å². The summed E-state index contributed by atoms with van der Waals surface area (Å²) in [6.45, 7) is 5.34. The molecular weight excluding hydrogens is 212 g/mol. The quantitative estimate of drug-likeness (QED) is 0.752. The van der Waals surface area contributed by atoms with Gasteiger partial charge in [0.25, 0.3) is 0 Å². The number of hydrogen-bond acceptors (Lipinski definition) is 3. The second kappa shape index (κ2) is 6.22. The lowest BCUT2D eigenvalue weighted by Crippen LogP contribution is -2.26. The number of furan rings is 1. The SMILES string of the molecule is CCCCN(Cc1cc(CNC)co1)C1CC1. The van der Waals surface area contributed by atoms with Crippen molar-refractivity contribution in [1.82, 2.24) is 10.2 Å². The molecule has 1 heterocycles. The van der Waals surface area contributed by atoms with Crippen molar-refractivity contribution in [2.45, 2.75) is 51.7 Å². The van der Waals surface area contributed by atoms with Gasteiger partial charge in [-0.1, -0.05) is 13.3 Å². The van der Waals surface area contributed by atoms with Gasteiger partial charge in [-0.2, -0.15) is 0 Å². The largest absolute Gasteiger partial charge is 0.468 e. The van der Waals surface area contributed by atoms with Crippen molar-refractivity contribution in [2.24, 2.45) is 0 Å². The molecule has 2 rings (SSSR count). The van der Waals surface area contributed by atoms with E-state index >= 15 is 0 Å². The van der Waals surface area contributed by atoms with E-state index in [0.717, 1.165) is 24.9 Å². The van der Waals surface area contributed by atoms with Gasteiger partial charge >= 0.3 is 0 Å². The summed E-state index contributed by atoms with van der Waals surface area (Å²) in [5, 5.41) is 3.15. The van der Waals surface area contributed by atoms with Crippen LogP contribution < -0.4 is 5.32 Å². The molecule has 17 heavy (non-hydrogen) atoms. The van der Waals surface area contributed by atoms with Crippen molar-refractivity contribution in [3.63, 3.8) is 0 Å². The zero-order valence-corrected chi connectivity index (χ0v) is 11.0. The van der Waals surface area contributed by atoms with Crippen LogP contribution >= 0.6 is 0 Å². The molecule has 96 valence electrons. The van der Waals surface area contributed by atoms with E-state index in [0.29, 0.717) is 0 Å². The van der Waals surface area contributed by atoms with E-state index in [1.807, 2.05) is 13.3 Å². The third-order valence-electron chi connectivity index (χ3n) is 3.31. The monoisotopic (exact) mass is 236 g/mol. The Balaban J connectivity index is 1.87. The van der Waals surface area contributed by atoms with Crippen LogP contribution in [0.25, 0.3) is 0 Å². The number of nitrogens with one attached hydrogen (secondary N) is 1. The maximum atomic E-state index is 5.62. The van der Waals surface area contributed by atoms with Gasteiger partial charge in [0.05, 0.1) is 12.8 Å². The van der Waals surface area contributed by atoms with E-state index in [1.165, 1.54) is 37.8 Å². The zero-order chi connectivity index (χ0) is 12.1. The van der Waals surface area contributed by atoms with Crippen molar-refractivity contribution in [2.75, 3.05) is 13.6 Å². The van der Waals surface area contributed by atoms with Gasteiger partial charge in [-0.3, -0.25) is 4.90 Å². The summed E-state index contributed by atoms with van der Waals surface area (Å²) in [6.07, 6.45) is 7.17. The van der Waals surface area contributed by atoms with Crippen LogP contribution in [-0.2, 0) is 13.1 Å². The van der Waals surface area contributed by atoms with Crippen molar-refractivity contribution >= 4 is 0 Å². The van der Waals surface area contributed by atoms with Gasteiger partial charge in [0.1, 0.15) is 5.76 Å². The van der Waals surface area contributed by atoms with Crippen LogP contribution in [0.1, 0.15) is 43.9 Å². The lowest BCUT2D eigenvalue weighted by Gasteiger charge is -2.20. The second-order valence-electron chi connectivity index (χ2n) is 5.01. The standard InChI is InChI=1S/C14H24N2O/c1-3-4-7-16(13-5-6-13)10-14-8-12(9-15-2)11-17-14/h8,11,13,15H,3-7,9-10H2,1-2H3. The van der Waals surface area contributed by atoms with E-state index in [4.69, 9.17) is 4.42 Å². The van der Waals surface area contributed by atoms with Crippen molar-refractivity contribution < 1.29 is 4.42 Å². The Morgan fingerprint density at radius 1 is 1.47 bits per heavy atom. The molecule has 0 spiro atoms. The Morgan fingerprint density at radius 3 is 2.94 bits per heavy atom. The Kier molecular flexibility index (Phi) is 4.63. The number of hydrogen-bond donors (Lipinski definition) is 1. The third-order valence-corrected chi connectivity index (χ3v) is 3.31. The summed E-state index contributed by atoms with van der Waals surface area (Å²) in [6, 6.07) is 3.00. The van der Waals surface area contributed by atoms with E-state index in [9.17, 15) is 0 Å². The molecule has 0 bridgehead atoms. The first-order valence-corrected chi connectivity index (χ1v) is 6.78. The van der Waals surface area contributed by atoms with Crippen molar-refractivity contribution in [3.8, 4) is 0 Å². The van der Waals surface area contributed by atoms with Gasteiger partial charge in [-0.05, 0) is 38.9 Å². The van der Waals surface area contributed by atoms with Crippen LogP contribution in [0.2, 0.25) is 0 Å². The molecule has 3 heteroatoms. The fourth-order valence-corrected chi connectivity index (χ4v) is 2.20. The van der Waals surface area contributed by atoms with E-state index in [2.05, 4.69) is 23.2 Å². The molecule has 0 aromatic carbocycles. The molecular formula is C14H24N2O. The summed E-state index contributed by atoms with van der Waals surface area (Å²) in [4.78, 5) is 2.57. The van der Waals surface area contributed by atoms with Crippen LogP contribution in [0, 0.1) is 0 Å². The summed E-state index contributed by atoms with van der Waals surface area (Å²) >= 11 is 0. The molecule has 1 N–H and O–H groups in total. The first kappa shape index (κ1) is 12.7. The highest BCUT2D eigenvalue weighted by atomic mass is 16.3. The van der Waals surface area contributed by atoms with Gasteiger partial charge in [0.15, 0.2) is 0 Å². The number of rotatable bonds is 8. The second-order valence-corrected chi connectivity index (χ2v) is 5.01. The third kappa shape index (κ3) is 3.86. The molecule has 0 radical (unpaired) electrons. The highest BCUT2D eigenvalue weighted by Gasteiger charge is 2.28. The van der Waals surface area contributed by atoms with E-state index < -0.39 is 0 Å². The smallest absolute Gasteiger partial charge is 0.118 e. The van der Waals surface area contributed by atoms with Crippen LogP contribution in [0.3, 0.4) is 0 Å². The molecule has 0 amide bonds. The molecule has 0 saturated heterocycles. The predicted octanol–water partition coefficient (Wildman–Crippen LogP) is 2.76. The van der Waals surface area contributed by atoms with Crippen LogP contribution in [0.15, 0.2) is 16.7 Å². The van der Waals surface area contributed by atoms with Gasteiger partial charge in [-0.15, -0.1) is 0 Å². The minimum Gasteiger partial charge on any atom is -0.468 e. The Bertz CT molecular complexity index is 331. The first-order chi connectivity index (χ1) is 8.33. The molecule has 1 aromatic rings. The fraction of sp³-hybridized carbons (Fsp3) is 0.714. The molecule has 1 aromatic heterocycles. The Hall–Kier alpha value is -0.800. The lowest BCUT2D eigenvalue weighted by molar-refractivity contribution is 0.230. The van der Waals surface area contributed by atoms with Gasteiger partial charge in [-0.25, -0.2) is 0 Å². The summed E-state index contributed by atoms with van der Waals surface area (Å²) in [5.74, 6) is 1.11. The van der Waals surface area contributed by atoms with E-state index in [-0.39, 0.29) is 0 Å². The van der Waals surface area contributed by atoms with Gasteiger partial charge in [0, 0.05) is 18.2 Å². The maximum Gasteiger partial charge on any atom is 0.118 e. The molecule has 3 nitrogen and oxygen atoms in total. The molecule has 1 aliphatic rings. The minimum atomic E-state index is 0.819. The molecule has 1 fully saturated rings. The first-order valence-electron chi connectivity index (χ1n) is 6.78. The number of unbranched alkanes of at least 4 members (excludes halogenated alkanes) is 1. The highest BCUT2D eigenvalue weighted by Crippen LogP contribution is 2.28. The average molecular weight is 236 g/mol. The fourth-order valence-electron chi connectivity index (χ4n) is 2.20. The molecule has 1 saturated carbocycles. The molecule has 0 aliphatic heterocycles. The van der Waals surface area contributed by atoms with Gasteiger partial charge < -0.3 is 9.73 Å². The lowest BCUT2D eigenvalue weighted by atomic mass is 10.2. The maximum absolute atomic E-state index is 5.62. The van der Waals surface area contributed by atoms with Crippen LogP contribution in [0.4, 0.5) is 0 Å². The molecule has 0 unspecified atom stereocenters. The topological polar surface area (TPSA) is 28.4 Å². The summed E-state index contributed by atoms with van der Waals surface area (Å²) < 4.78 is 5.62. The normalized spacial score (nSPS) is 15.7. The minimum absolute atomic E-state index is 0.819. The highest BCUT2D eigenvalue weighted by molar-refractivity contribution is 5.12.